The number of nitrogens with zero attached hydrogens (tertiary/aromatic N) is 2. The first-order chi connectivity index (χ1) is 16.3. The van der Waals surface area contributed by atoms with Crippen molar-refractivity contribution in [3.63, 3.8) is 0 Å². The molecule has 0 aliphatic heterocycles. The number of phenols is 1. The van der Waals surface area contributed by atoms with E-state index < -0.39 is 11.9 Å². The van der Waals surface area contributed by atoms with Gasteiger partial charge in [-0.05, 0) is 50.5 Å². The summed E-state index contributed by atoms with van der Waals surface area (Å²) in [6.45, 7) is 7.99. The minimum absolute atomic E-state index is 0.121. The maximum atomic E-state index is 13.1. The number of nitrogens with two attached hydrogens (primary N) is 1. The molecule has 0 saturated carbocycles. The Kier molecular flexibility index (Phi) is 9.96. The number of alkyl halides is 1. The number of aromatic hydroxyl groups is 1. The fraction of sp³-hybridized carbons (Fsp3) is 0.346. The van der Waals surface area contributed by atoms with Crippen LogP contribution in [0.1, 0.15) is 65.6 Å². The van der Waals surface area contributed by atoms with Gasteiger partial charge in [0.1, 0.15) is 17.4 Å². The van der Waals surface area contributed by atoms with E-state index in [1.807, 2.05) is 45.0 Å². The van der Waals surface area contributed by atoms with Crippen LogP contribution in [0.5, 0.6) is 5.75 Å². The van der Waals surface area contributed by atoms with Crippen molar-refractivity contribution in [3.8, 4) is 18.1 Å². The molecule has 0 saturated heterocycles. The number of carbonyl (C=O) groups is 1. The molecule has 3 aromatic rings. The average molecular weight is 482 g/mol. The zero-order valence-electron chi connectivity index (χ0n) is 20.1. The maximum absolute atomic E-state index is 13.1. The highest BCUT2D eigenvalue weighted by molar-refractivity contribution is 6.27. The van der Waals surface area contributed by atoms with Crippen LogP contribution in [-0.4, -0.2) is 39.2 Å². The number of aryl methyl sites for hydroxylation is 1. The molecule has 0 fully saturated rings. The average Bonchev–Trinajstić information content (AvgIpc) is 3.28. The molecule has 0 spiro atoms. The molecule has 5 N–H and O–H groups in total. The summed E-state index contributed by atoms with van der Waals surface area (Å²) < 4.78 is 0. The van der Waals surface area contributed by atoms with Crippen molar-refractivity contribution < 1.29 is 9.90 Å². The number of H-pyrrole nitrogens is 1. The fourth-order valence-corrected chi connectivity index (χ4v) is 3.66. The molecule has 1 amide bonds. The number of benzene rings is 2. The van der Waals surface area contributed by atoms with Gasteiger partial charge in [0.05, 0.1) is 28.5 Å². The molecular formula is C26H32ClN5O2. The number of fused-ring (bicyclic) bond motifs is 1. The Morgan fingerprint density at radius 2 is 2.06 bits per heavy atom. The smallest absolute Gasteiger partial charge is 0.255 e. The Hall–Kier alpha value is -3.50. The molecule has 1 atom stereocenters. The summed E-state index contributed by atoms with van der Waals surface area (Å²) in [6.07, 6.45) is 6.75. The normalized spacial score (nSPS) is 11.9. The summed E-state index contributed by atoms with van der Waals surface area (Å²) in [5.74, 6) is 3.21. The molecule has 180 valence electrons. The number of aromatic amines is 1. The van der Waals surface area contributed by atoms with E-state index >= 15 is 0 Å². The van der Waals surface area contributed by atoms with Gasteiger partial charge in [0.15, 0.2) is 0 Å². The lowest BCUT2D eigenvalue weighted by Crippen LogP contribution is -2.30. The Bertz CT molecular complexity index is 1180. The van der Waals surface area contributed by atoms with Crippen molar-refractivity contribution in [2.75, 3.05) is 12.4 Å². The van der Waals surface area contributed by atoms with Gasteiger partial charge in [-0.1, -0.05) is 31.9 Å². The van der Waals surface area contributed by atoms with Crippen LogP contribution in [0.2, 0.25) is 0 Å². The van der Waals surface area contributed by atoms with Crippen LogP contribution in [0.4, 0.5) is 0 Å². The number of carbonyl (C=O) groups excluding carboxylic acids is 1. The first-order valence-corrected chi connectivity index (χ1v) is 11.8. The summed E-state index contributed by atoms with van der Waals surface area (Å²) in [7, 11) is 0. The summed E-state index contributed by atoms with van der Waals surface area (Å²) in [6, 6.07) is 8.83. The highest BCUT2D eigenvalue weighted by Gasteiger charge is 2.23. The van der Waals surface area contributed by atoms with E-state index in [1.165, 1.54) is 0 Å². The Balaban J connectivity index is 0.00000199. The molecule has 0 bridgehead atoms. The standard InChI is InChI=1S/C24H26ClN5O2.C2H6/c1-4-16-14(2)12-17(22(31)15(16)3)24(32)30-20(10-7-11-27-21(26)13-25)23-28-18-8-5-6-9-19(18)29-23;1-2/h1,5-6,8-9,12,20,31H,7,10-11,13H2,2-3H3,(H2,26,27)(H,28,29)(H,30,32);1-2H3. The number of phenolic OH excluding ortho intramolecular Hbond substituents is 1. The summed E-state index contributed by atoms with van der Waals surface area (Å²) in [4.78, 5) is 25.2. The molecule has 1 heterocycles. The largest absolute Gasteiger partial charge is 0.507 e. The van der Waals surface area contributed by atoms with Crippen molar-refractivity contribution in [2.24, 2.45) is 10.7 Å². The predicted molar refractivity (Wildman–Crippen MR) is 140 cm³/mol. The molecule has 0 aliphatic carbocycles. The number of hydrogen-bond donors (Lipinski definition) is 4. The van der Waals surface area contributed by atoms with E-state index in [2.05, 4.69) is 26.2 Å². The number of nitrogens with one attached hydrogen (secondary N) is 2. The molecular weight excluding hydrogens is 450 g/mol. The highest BCUT2D eigenvalue weighted by atomic mass is 35.5. The van der Waals surface area contributed by atoms with Crippen molar-refractivity contribution in [1.82, 2.24) is 15.3 Å². The first kappa shape index (κ1) is 26.7. The van der Waals surface area contributed by atoms with Gasteiger partial charge < -0.3 is 21.1 Å². The zero-order chi connectivity index (χ0) is 25.3. The minimum atomic E-state index is -0.422. The zero-order valence-corrected chi connectivity index (χ0v) is 20.8. The molecule has 2 aromatic carbocycles. The number of hydrogen-bond acceptors (Lipinski definition) is 4. The van der Waals surface area contributed by atoms with Crippen molar-refractivity contribution in [1.29, 1.82) is 0 Å². The van der Waals surface area contributed by atoms with Crippen LogP contribution in [-0.2, 0) is 0 Å². The number of halogens is 1. The summed E-state index contributed by atoms with van der Waals surface area (Å²) in [5.41, 5.74) is 9.35. The van der Waals surface area contributed by atoms with Crippen LogP contribution in [0.3, 0.4) is 0 Å². The summed E-state index contributed by atoms with van der Waals surface area (Å²) in [5, 5.41) is 13.6. The van der Waals surface area contributed by atoms with Gasteiger partial charge in [0.2, 0.25) is 0 Å². The molecule has 0 radical (unpaired) electrons. The number of amidine groups is 1. The SMILES string of the molecule is C#Cc1c(C)cc(C(=O)NC(CCCN=C(N)CCl)c2nc3ccccc3[nH]2)c(O)c1C.CC. The number of aromatic nitrogens is 2. The van der Waals surface area contributed by atoms with Gasteiger partial charge in [-0.25, -0.2) is 4.98 Å². The third-order valence-electron chi connectivity index (χ3n) is 5.28. The number of terminal acetylenes is 1. The van der Waals surface area contributed by atoms with Gasteiger partial charge in [0, 0.05) is 17.7 Å². The number of rotatable bonds is 8. The number of amides is 1. The Morgan fingerprint density at radius 1 is 1.35 bits per heavy atom. The second-order valence-corrected chi connectivity index (χ2v) is 7.82. The van der Waals surface area contributed by atoms with Gasteiger partial charge in [-0.15, -0.1) is 18.0 Å². The van der Waals surface area contributed by atoms with Crippen molar-refractivity contribution in [2.45, 2.75) is 46.6 Å². The second-order valence-electron chi connectivity index (χ2n) is 7.55. The van der Waals surface area contributed by atoms with Gasteiger partial charge in [0.25, 0.3) is 5.91 Å². The lowest BCUT2D eigenvalue weighted by molar-refractivity contribution is 0.0929. The van der Waals surface area contributed by atoms with E-state index in [9.17, 15) is 9.90 Å². The van der Waals surface area contributed by atoms with Gasteiger partial charge >= 0.3 is 0 Å². The lowest BCUT2D eigenvalue weighted by Gasteiger charge is -2.18. The van der Waals surface area contributed by atoms with E-state index in [1.54, 1.807) is 13.0 Å². The van der Waals surface area contributed by atoms with Crippen molar-refractivity contribution >= 4 is 34.4 Å². The lowest BCUT2D eigenvalue weighted by atomic mass is 9.97. The predicted octanol–water partition coefficient (Wildman–Crippen LogP) is 4.74. The van der Waals surface area contributed by atoms with Gasteiger partial charge in [-0.2, -0.15) is 0 Å². The quantitative estimate of drug-likeness (QED) is 0.122. The van der Waals surface area contributed by atoms with Crippen molar-refractivity contribution in [3.05, 3.63) is 58.4 Å². The fourth-order valence-electron chi connectivity index (χ4n) is 3.58. The Morgan fingerprint density at radius 3 is 2.71 bits per heavy atom. The van der Waals surface area contributed by atoms with E-state index in [4.69, 9.17) is 23.8 Å². The minimum Gasteiger partial charge on any atom is -0.507 e. The molecule has 0 aliphatic rings. The third kappa shape index (κ3) is 6.30. The van der Waals surface area contributed by atoms with Crippen LogP contribution in [0.15, 0.2) is 35.3 Å². The monoisotopic (exact) mass is 481 g/mol. The molecule has 8 heteroatoms. The molecule has 34 heavy (non-hydrogen) atoms. The van der Waals surface area contributed by atoms with Gasteiger partial charge in [-0.3, -0.25) is 9.79 Å². The summed E-state index contributed by atoms with van der Waals surface area (Å²) >= 11 is 5.67. The topological polar surface area (TPSA) is 116 Å². The van der Waals surface area contributed by atoms with Crippen LogP contribution in [0.25, 0.3) is 11.0 Å². The maximum Gasteiger partial charge on any atom is 0.255 e. The van der Waals surface area contributed by atoms with E-state index in [0.29, 0.717) is 42.2 Å². The van der Waals surface area contributed by atoms with Crippen LogP contribution >= 0.6 is 11.6 Å². The first-order valence-electron chi connectivity index (χ1n) is 11.3. The number of para-hydroxylation sites is 2. The molecule has 1 aromatic heterocycles. The second kappa shape index (κ2) is 12.7. The van der Waals surface area contributed by atoms with Crippen LogP contribution in [0, 0.1) is 26.2 Å². The number of aliphatic imine (C=N–C) groups is 1. The Labute approximate surface area is 205 Å². The highest BCUT2D eigenvalue weighted by Crippen LogP contribution is 2.29. The molecule has 3 rings (SSSR count). The third-order valence-corrected chi connectivity index (χ3v) is 5.55. The van der Waals surface area contributed by atoms with Crippen LogP contribution < -0.4 is 11.1 Å². The van der Waals surface area contributed by atoms with E-state index in [-0.39, 0.29) is 17.2 Å². The van der Waals surface area contributed by atoms with E-state index in [0.717, 1.165) is 16.6 Å². The molecule has 1 unspecified atom stereocenters. The molecule has 7 nitrogen and oxygen atoms in total. The number of imidazole rings is 1.